The monoisotopic (exact) mass is 250 g/mol. The van der Waals surface area contributed by atoms with Crippen LogP contribution >= 0.6 is 11.8 Å². The van der Waals surface area contributed by atoms with Gasteiger partial charge in [0.25, 0.3) is 0 Å². The molecule has 0 aromatic heterocycles. The van der Waals surface area contributed by atoms with Gasteiger partial charge < -0.3 is 5.32 Å². The summed E-state index contributed by atoms with van der Waals surface area (Å²) in [6, 6.07) is 7.16. The number of nitriles is 1. The van der Waals surface area contributed by atoms with Crippen LogP contribution in [-0.4, -0.2) is 17.0 Å². The number of thioether (sulfide) groups is 1. The molecule has 4 heteroatoms. The van der Waals surface area contributed by atoms with E-state index >= 15 is 0 Å². The smallest absolute Gasteiger partial charge is 0.137 e. The molecule has 0 radical (unpaired) electrons. The summed E-state index contributed by atoms with van der Waals surface area (Å²) >= 11 is 1.76. The van der Waals surface area contributed by atoms with Gasteiger partial charge in [-0.2, -0.15) is 17.0 Å². The highest BCUT2D eigenvalue weighted by Crippen LogP contribution is 2.36. The van der Waals surface area contributed by atoms with Crippen LogP contribution in [0.25, 0.3) is 0 Å². The summed E-state index contributed by atoms with van der Waals surface area (Å²) in [5.74, 6) is 1.72. The molecule has 1 aliphatic rings. The van der Waals surface area contributed by atoms with Crippen LogP contribution in [0, 0.1) is 30.0 Å². The molecule has 1 N–H and O–H groups in total. The Bertz CT molecular complexity index is 449. The van der Waals surface area contributed by atoms with Crippen molar-refractivity contribution in [3.8, 4) is 6.07 Å². The highest BCUT2D eigenvalue weighted by Gasteiger charge is 2.41. The minimum atomic E-state index is -0.565. The molecule has 1 fully saturated rings. The standard InChI is InChI=1S/C13H15FN2S/c1-9-3-11(14)5-12(4-9)16-13(7-15)8-17-6-10(13)2/h3-5,10,16H,6,8H2,1-2H3. The number of anilines is 1. The Morgan fingerprint density at radius 3 is 2.82 bits per heavy atom. The van der Waals surface area contributed by atoms with Crippen LogP contribution in [-0.2, 0) is 0 Å². The van der Waals surface area contributed by atoms with Gasteiger partial charge in [0, 0.05) is 17.4 Å². The summed E-state index contributed by atoms with van der Waals surface area (Å²) in [5, 5.41) is 12.6. The first-order valence-electron chi connectivity index (χ1n) is 5.60. The Balaban J connectivity index is 2.28. The first-order chi connectivity index (χ1) is 8.05. The number of hydrogen-bond donors (Lipinski definition) is 1. The number of halogens is 1. The third-order valence-electron chi connectivity index (χ3n) is 3.15. The summed E-state index contributed by atoms with van der Waals surface area (Å²) in [4.78, 5) is 0. The Morgan fingerprint density at radius 1 is 1.53 bits per heavy atom. The van der Waals surface area contributed by atoms with E-state index in [0.29, 0.717) is 5.69 Å². The van der Waals surface area contributed by atoms with Crippen LogP contribution in [0.3, 0.4) is 0 Å². The molecule has 1 aliphatic heterocycles. The number of nitrogens with zero attached hydrogens (tertiary/aromatic N) is 1. The zero-order valence-electron chi connectivity index (χ0n) is 9.96. The zero-order valence-corrected chi connectivity index (χ0v) is 10.8. The quantitative estimate of drug-likeness (QED) is 0.875. The van der Waals surface area contributed by atoms with Crippen LogP contribution in [0.2, 0.25) is 0 Å². The molecule has 2 atom stereocenters. The van der Waals surface area contributed by atoms with E-state index in [1.165, 1.54) is 12.1 Å². The van der Waals surface area contributed by atoms with Crippen molar-refractivity contribution >= 4 is 17.4 Å². The van der Waals surface area contributed by atoms with Crippen LogP contribution in [0.1, 0.15) is 12.5 Å². The van der Waals surface area contributed by atoms with Gasteiger partial charge in [-0.3, -0.25) is 0 Å². The summed E-state index contributed by atoms with van der Waals surface area (Å²) in [7, 11) is 0. The van der Waals surface area contributed by atoms with Crippen molar-refractivity contribution < 1.29 is 4.39 Å². The highest BCUT2D eigenvalue weighted by molar-refractivity contribution is 7.99. The lowest BCUT2D eigenvalue weighted by Crippen LogP contribution is -2.42. The van der Waals surface area contributed by atoms with Crippen LogP contribution in [0.15, 0.2) is 18.2 Å². The average Bonchev–Trinajstić information content (AvgIpc) is 2.59. The van der Waals surface area contributed by atoms with Gasteiger partial charge in [0.1, 0.15) is 11.4 Å². The first-order valence-corrected chi connectivity index (χ1v) is 6.75. The van der Waals surface area contributed by atoms with E-state index in [-0.39, 0.29) is 11.7 Å². The summed E-state index contributed by atoms with van der Waals surface area (Å²) in [6.07, 6.45) is 0. The normalized spacial score (nSPS) is 27.8. The van der Waals surface area contributed by atoms with Gasteiger partial charge in [-0.1, -0.05) is 6.92 Å². The second kappa shape index (κ2) is 4.58. The fourth-order valence-corrected chi connectivity index (χ4v) is 3.58. The van der Waals surface area contributed by atoms with Gasteiger partial charge >= 0.3 is 0 Å². The fourth-order valence-electron chi connectivity index (χ4n) is 2.08. The molecule has 1 aromatic carbocycles. The average molecular weight is 250 g/mol. The Hall–Kier alpha value is -1.21. The Kier molecular flexibility index (Phi) is 3.30. The third-order valence-corrected chi connectivity index (χ3v) is 4.54. The molecule has 17 heavy (non-hydrogen) atoms. The van der Waals surface area contributed by atoms with Gasteiger partial charge in [0.05, 0.1) is 6.07 Å². The summed E-state index contributed by atoms with van der Waals surface area (Å²) in [5.41, 5.74) is 0.988. The van der Waals surface area contributed by atoms with Crippen molar-refractivity contribution in [3.05, 3.63) is 29.6 Å². The second-order valence-electron chi connectivity index (χ2n) is 4.64. The second-order valence-corrected chi connectivity index (χ2v) is 5.67. The van der Waals surface area contributed by atoms with E-state index in [1.54, 1.807) is 11.8 Å². The van der Waals surface area contributed by atoms with Crippen LogP contribution in [0.5, 0.6) is 0 Å². The number of nitrogens with one attached hydrogen (secondary N) is 1. The number of hydrogen-bond acceptors (Lipinski definition) is 3. The molecule has 1 aromatic rings. The van der Waals surface area contributed by atoms with E-state index in [4.69, 9.17) is 0 Å². The molecular weight excluding hydrogens is 235 g/mol. The summed E-state index contributed by atoms with van der Waals surface area (Å²) in [6.45, 7) is 3.91. The third kappa shape index (κ3) is 2.39. The number of rotatable bonds is 2. The molecule has 0 amide bonds. The molecule has 0 aliphatic carbocycles. The van der Waals surface area contributed by atoms with Crippen molar-refractivity contribution in [2.45, 2.75) is 19.4 Å². The molecule has 0 saturated carbocycles. The number of aryl methyl sites for hydroxylation is 1. The van der Waals surface area contributed by atoms with Gasteiger partial charge in [0.15, 0.2) is 0 Å². The largest absolute Gasteiger partial charge is 0.366 e. The van der Waals surface area contributed by atoms with E-state index in [9.17, 15) is 9.65 Å². The summed E-state index contributed by atoms with van der Waals surface area (Å²) < 4.78 is 13.3. The SMILES string of the molecule is Cc1cc(F)cc(NC2(C#N)CSCC2C)c1. The minimum Gasteiger partial charge on any atom is -0.366 e. The Labute approximate surface area is 105 Å². The zero-order chi connectivity index (χ0) is 12.5. The van der Waals surface area contributed by atoms with Gasteiger partial charge in [-0.25, -0.2) is 4.39 Å². The fraction of sp³-hybridized carbons (Fsp3) is 0.462. The van der Waals surface area contributed by atoms with Crippen molar-refractivity contribution in [1.29, 1.82) is 5.26 Å². The highest BCUT2D eigenvalue weighted by atomic mass is 32.2. The number of benzene rings is 1. The maximum Gasteiger partial charge on any atom is 0.137 e. The topological polar surface area (TPSA) is 35.8 Å². The molecule has 0 bridgehead atoms. The van der Waals surface area contributed by atoms with Crippen molar-refractivity contribution in [1.82, 2.24) is 0 Å². The molecule has 1 saturated heterocycles. The molecule has 90 valence electrons. The predicted octanol–water partition coefficient (Wildman–Crippen LogP) is 3.19. The minimum absolute atomic E-state index is 0.265. The predicted molar refractivity (Wildman–Crippen MR) is 69.6 cm³/mol. The molecule has 2 unspecified atom stereocenters. The molecule has 2 nitrogen and oxygen atoms in total. The Morgan fingerprint density at radius 2 is 2.29 bits per heavy atom. The van der Waals surface area contributed by atoms with Crippen molar-refractivity contribution in [3.63, 3.8) is 0 Å². The van der Waals surface area contributed by atoms with Crippen molar-refractivity contribution in [2.24, 2.45) is 5.92 Å². The van der Waals surface area contributed by atoms with E-state index < -0.39 is 5.54 Å². The molecule has 2 rings (SSSR count). The lowest BCUT2D eigenvalue weighted by molar-refractivity contribution is 0.499. The van der Waals surface area contributed by atoms with E-state index in [1.807, 2.05) is 13.0 Å². The van der Waals surface area contributed by atoms with Gasteiger partial charge in [-0.05, 0) is 36.4 Å². The van der Waals surface area contributed by atoms with Gasteiger partial charge in [-0.15, -0.1) is 0 Å². The van der Waals surface area contributed by atoms with Crippen molar-refractivity contribution in [2.75, 3.05) is 16.8 Å². The molecular formula is C13H15FN2S. The lowest BCUT2D eigenvalue weighted by atomic mass is 9.89. The van der Waals surface area contributed by atoms with Crippen LogP contribution < -0.4 is 5.32 Å². The van der Waals surface area contributed by atoms with E-state index in [2.05, 4.69) is 18.3 Å². The van der Waals surface area contributed by atoms with Crippen LogP contribution in [0.4, 0.5) is 10.1 Å². The molecule has 0 spiro atoms. The lowest BCUT2D eigenvalue weighted by Gasteiger charge is -2.27. The van der Waals surface area contributed by atoms with Gasteiger partial charge in [0.2, 0.25) is 0 Å². The maximum atomic E-state index is 13.3. The maximum absolute atomic E-state index is 13.3. The molecule has 1 heterocycles. The first kappa shape index (κ1) is 12.3. The van der Waals surface area contributed by atoms with E-state index in [0.717, 1.165) is 17.1 Å².